The molecule has 1 aliphatic heterocycles. The molecule has 1 aromatic heterocycles. The monoisotopic (exact) mass is 318 g/mol. The average molecular weight is 318 g/mol. The fraction of sp³-hybridized carbons (Fsp3) is 0.312. The molecule has 1 fully saturated rings. The predicted molar refractivity (Wildman–Crippen MR) is 89.9 cm³/mol. The molecule has 2 aromatic rings. The van der Waals surface area contributed by atoms with Gasteiger partial charge in [0.1, 0.15) is 0 Å². The number of carbonyl (C=O) groups excluding carboxylic acids is 1. The first-order valence-electron chi connectivity index (χ1n) is 7.04. The molecule has 1 aromatic carbocycles. The van der Waals surface area contributed by atoms with Gasteiger partial charge in [0.15, 0.2) is 0 Å². The summed E-state index contributed by atoms with van der Waals surface area (Å²) in [5.41, 5.74) is 1.12. The van der Waals surface area contributed by atoms with E-state index in [0.717, 1.165) is 28.5 Å². The smallest absolute Gasteiger partial charge is 0.238 e. The molecule has 0 bridgehead atoms. The van der Waals surface area contributed by atoms with Gasteiger partial charge in [-0.1, -0.05) is 36.4 Å². The van der Waals surface area contributed by atoms with Crippen LogP contribution in [0.15, 0.2) is 47.8 Å². The van der Waals surface area contributed by atoms with E-state index in [1.807, 2.05) is 41.4 Å². The van der Waals surface area contributed by atoms with Crippen LogP contribution in [0.25, 0.3) is 0 Å². The lowest BCUT2D eigenvalue weighted by atomic mass is 10.0. The van der Waals surface area contributed by atoms with Crippen molar-refractivity contribution in [2.24, 2.45) is 0 Å². The lowest BCUT2D eigenvalue weighted by Gasteiger charge is -2.25. The van der Waals surface area contributed by atoms with E-state index in [-0.39, 0.29) is 18.0 Å². The summed E-state index contributed by atoms with van der Waals surface area (Å²) in [6.45, 7) is 0.901. The summed E-state index contributed by atoms with van der Waals surface area (Å²) in [6.07, 6.45) is 0. The van der Waals surface area contributed by atoms with Gasteiger partial charge in [-0.2, -0.15) is 11.8 Å². The molecule has 0 spiro atoms. The summed E-state index contributed by atoms with van der Waals surface area (Å²) in [4.78, 5) is 13.7. The van der Waals surface area contributed by atoms with Crippen molar-refractivity contribution in [3.63, 3.8) is 0 Å². The van der Waals surface area contributed by atoms with Crippen LogP contribution in [0.1, 0.15) is 16.5 Å². The summed E-state index contributed by atoms with van der Waals surface area (Å²) in [6, 6.07) is 14.1. The topological polar surface area (TPSA) is 41.1 Å². The number of thiophene rings is 1. The van der Waals surface area contributed by atoms with E-state index in [4.69, 9.17) is 0 Å². The van der Waals surface area contributed by atoms with Gasteiger partial charge in [0, 0.05) is 22.9 Å². The molecule has 21 heavy (non-hydrogen) atoms. The fourth-order valence-electron chi connectivity index (χ4n) is 2.40. The van der Waals surface area contributed by atoms with E-state index < -0.39 is 0 Å². The largest absolute Gasteiger partial charge is 0.343 e. The summed E-state index contributed by atoms with van der Waals surface area (Å²) in [5, 5.41) is 8.54. The quantitative estimate of drug-likeness (QED) is 0.910. The van der Waals surface area contributed by atoms with Crippen molar-refractivity contribution in [1.82, 2.24) is 10.6 Å². The Bertz CT molecular complexity index is 565. The minimum atomic E-state index is -0.0880. The van der Waals surface area contributed by atoms with Crippen LogP contribution in [0, 0.1) is 0 Å². The maximum Gasteiger partial charge on any atom is 0.238 e. The molecule has 0 saturated carbocycles. The maximum absolute atomic E-state index is 12.5. The van der Waals surface area contributed by atoms with E-state index in [0.29, 0.717) is 0 Å². The van der Waals surface area contributed by atoms with Crippen LogP contribution in [-0.4, -0.2) is 30.0 Å². The zero-order valence-electron chi connectivity index (χ0n) is 11.6. The number of thioether (sulfide) groups is 1. The Labute approximate surface area is 133 Å². The van der Waals surface area contributed by atoms with Crippen LogP contribution in [0.4, 0.5) is 0 Å². The molecule has 0 aliphatic carbocycles. The summed E-state index contributed by atoms with van der Waals surface area (Å²) in [5.74, 6) is 2.01. The van der Waals surface area contributed by atoms with Gasteiger partial charge < -0.3 is 10.6 Å². The zero-order valence-corrected chi connectivity index (χ0v) is 13.3. The van der Waals surface area contributed by atoms with Gasteiger partial charge in [-0.15, -0.1) is 11.3 Å². The average Bonchev–Trinajstić information content (AvgIpc) is 3.08. The van der Waals surface area contributed by atoms with Crippen LogP contribution in [-0.2, 0) is 4.79 Å². The third-order valence-electron chi connectivity index (χ3n) is 3.49. The maximum atomic E-state index is 12.5. The van der Waals surface area contributed by atoms with Gasteiger partial charge >= 0.3 is 0 Å². The van der Waals surface area contributed by atoms with Gasteiger partial charge in [-0.25, -0.2) is 0 Å². The standard InChI is InChI=1S/C16H18N2OS2/c19-16(13-11-20-10-8-17-13)18-15(14-7-4-9-21-14)12-5-2-1-3-6-12/h1-7,9,13,15,17H,8,10-11H2,(H,18,19). The van der Waals surface area contributed by atoms with E-state index in [2.05, 4.69) is 28.8 Å². The molecule has 3 rings (SSSR count). The first kappa shape index (κ1) is 14.6. The van der Waals surface area contributed by atoms with Crippen LogP contribution >= 0.6 is 23.1 Å². The first-order valence-corrected chi connectivity index (χ1v) is 9.08. The highest BCUT2D eigenvalue weighted by Gasteiger charge is 2.25. The summed E-state index contributed by atoms with van der Waals surface area (Å²) >= 11 is 3.51. The van der Waals surface area contributed by atoms with Crippen molar-refractivity contribution < 1.29 is 4.79 Å². The van der Waals surface area contributed by atoms with Crippen molar-refractivity contribution in [2.75, 3.05) is 18.1 Å². The molecule has 2 atom stereocenters. The minimum Gasteiger partial charge on any atom is -0.343 e. The molecule has 2 N–H and O–H groups in total. The second-order valence-corrected chi connectivity index (χ2v) is 7.08. The molecular weight excluding hydrogens is 300 g/mol. The number of rotatable bonds is 4. The highest BCUT2D eigenvalue weighted by atomic mass is 32.2. The number of hydrogen-bond donors (Lipinski definition) is 2. The summed E-state index contributed by atoms with van der Waals surface area (Å²) in [7, 11) is 0. The third-order valence-corrected chi connectivity index (χ3v) is 5.48. The molecule has 1 saturated heterocycles. The van der Waals surface area contributed by atoms with Crippen LogP contribution < -0.4 is 10.6 Å². The third kappa shape index (κ3) is 3.67. The predicted octanol–water partition coefficient (Wildman–Crippen LogP) is 2.66. The van der Waals surface area contributed by atoms with Crippen LogP contribution in [0.3, 0.4) is 0 Å². The van der Waals surface area contributed by atoms with Gasteiger partial charge in [0.25, 0.3) is 0 Å². The fourth-order valence-corrected chi connectivity index (χ4v) is 4.13. The van der Waals surface area contributed by atoms with E-state index in [1.54, 1.807) is 11.3 Å². The molecule has 3 nitrogen and oxygen atoms in total. The lowest BCUT2D eigenvalue weighted by molar-refractivity contribution is -0.123. The Morgan fingerprint density at radius 3 is 2.76 bits per heavy atom. The van der Waals surface area contributed by atoms with Crippen molar-refractivity contribution in [1.29, 1.82) is 0 Å². The van der Waals surface area contributed by atoms with Crippen molar-refractivity contribution in [2.45, 2.75) is 12.1 Å². The van der Waals surface area contributed by atoms with Crippen LogP contribution in [0.5, 0.6) is 0 Å². The summed E-state index contributed by atoms with van der Waals surface area (Å²) < 4.78 is 0. The number of amides is 1. The second kappa shape index (κ2) is 7.11. The Balaban J connectivity index is 1.78. The molecule has 5 heteroatoms. The first-order chi connectivity index (χ1) is 10.3. The Morgan fingerprint density at radius 1 is 1.24 bits per heavy atom. The van der Waals surface area contributed by atoms with Crippen molar-refractivity contribution in [3.05, 3.63) is 58.3 Å². The van der Waals surface area contributed by atoms with Crippen molar-refractivity contribution in [3.8, 4) is 0 Å². The van der Waals surface area contributed by atoms with Crippen molar-refractivity contribution >= 4 is 29.0 Å². The van der Waals surface area contributed by atoms with Crippen LogP contribution in [0.2, 0.25) is 0 Å². The SMILES string of the molecule is O=C(NC(c1ccccc1)c1cccs1)C1CSCCN1. The second-order valence-electron chi connectivity index (χ2n) is 4.95. The van der Waals surface area contributed by atoms with Gasteiger partial charge in [0.05, 0.1) is 12.1 Å². The van der Waals surface area contributed by atoms with E-state index in [1.165, 1.54) is 0 Å². The lowest BCUT2D eigenvalue weighted by Crippen LogP contribution is -2.49. The van der Waals surface area contributed by atoms with Gasteiger partial charge in [-0.05, 0) is 17.0 Å². The number of carbonyl (C=O) groups is 1. The molecule has 2 unspecified atom stereocenters. The van der Waals surface area contributed by atoms with E-state index >= 15 is 0 Å². The zero-order chi connectivity index (χ0) is 14.5. The molecule has 2 heterocycles. The number of nitrogens with one attached hydrogen (secondary N) is 2. The Kier molecular flexibility index (Phi) is 4.95. The highest BCUT2D eigenvalue weighted by molar-refractivity contribution is 7.99. The highest BCUT2D eigenvalue weighted by Crippen LogP contribution is 2.26. The minimum absolute atomic E-state index is 0.0626. The van der Waals surface area contributed by atoms with Gasteiger partial charge in [-0.3, -0.25) is 4.79 Å². The molecule has 110 valence electrons. The Hall–Kier alpha value is -1.30. The molecule has 1 aliphatic rings. The molecule has 1 amide bonds. The number of hydrogen-bond acceptors (Lipinski definition) is 4. The normalized spacial score (nSPS) is 19.9. The molecular formula is C16H18N2OS2. The number of benzene rings is 1. The van der Waals surface area contributed by atoms with Gasteiger partial charge in [0.2, 0.25) is 5.91 Å². The Morgan fingerprint density at radius 2 is 2.10 bits per heavy atom. The molecule has 0 radical (unpaired) electrons. The van der Waals surface area contributed by atoms with E-state index in [9.17, 15) is 4.79 Å².